The molecule has 0 bridgehead atoms. The lowest BCUT2D eigenvalue weighted by Gasteiger charge is -2.12. The predicted octanol–water partition coefficient (Wildman–Crippen LogP) is 4.19. The van der Waals surface area contributed by atoms with Gasteiger partial charge in [-0.2, -0.15) is 0 Å². The predicted molar refractivity (Wildman–Crippen MR) is 129 cm³/mol. The van der Waals surface area contributed by atoms with Crippen molar-refractivity contribution in [3.05, 3.63) is 46.0 Å². The van der Waals surface area contributed by atoms with Crippen LogP contribution in [0, 0.1) is 13.8 Å². The van der Waals surface area contributed by atoms with Gasteiger partial charge in [0.15, 0.2) is 0 Å². The Hall–Kier alpha value is -0.320. The van der Waals surface area contributed by atoms with Crippen molar-refractivity contribution in [3.63, 3.8) is 0 Å². The highest BCUT2D eigenvalue weighted by atomic mass is 35.5. The van der Waals surface area contributed by atoms with Crippen LogP contribution in [0.3, 0.4) is 0 Å². The van der Waals surface area contributed by atoms with Gasteiger partial charge < -0.3 is 21.7 Å². The van der Waals surface area contributed by atoms with E-state index in [-0.39, 0.29) is 74.2 Å². The summed E-state index contributed by atoms with van der Waals surface area (Å²) in [5, 5.41) is 20.1. The summed E-state index contributed by atoms with van der Waals surface area (Å²) in [6.07, 6.45) is 3.52. The Labute approximate surface area is 198 Å². The number of aromatic hydroxyl groups is 2. The number of nitrogens with two attached hydrogens (primary N) is 2. The van der Waals surface area contributed by atoms with Crippen molar-refractivity contribution in [2.24, 2.45) is 11.5 Å². The van der Waals surface area contributed by atoms with Gasteiger partial charge in [0, 0.05) is 48.1 Å². The standard InChI is InChI=1S/C16H22N4O2S2.4ClH/c1-9-15(21)13(3-17)11(5-19-9)7-23-24-8-12-6-20-10(2)16(22)14(12)4-18;;;;/h5-6,21-22H,3-4,7-8,17-18H2,1-2H3;4*1H. The molecule has 0 aliphatic heterocycles. The summed E-state index contributed by atoms with van der Waals surface area (Å²) < 4.78 is 0. The zero-order chi connectivity index (χ0) is 17.7. The fraction of sp³-hybridized carbons (Fsp3) is 0.375. The molecule has 0 aliphatic carbocycles. The van der Waals surface area contributed by atoms with Crippen molar-refractivity contribution in [2.75, 3.05) is 0 Å². The van der Waals surface area contributed by atoms with E-state index in [1.807, 2.05) is 0 Å². The molecule has 0 unspecified atom stereocenters. The first-order valence-electron chi connectivity index (χ1n) is 7.46. The van der Waals surface area contributed by atoms with Crippen LogP contribution in [0.25, 0.3) is 0 Å². The fourth-order valence-electron chi connectivity index (χ4n) is 2.28. The summed E-state index contributed by atoms with van der Waals surface area (Å²) >= 11 is 0. The number of hydrogen-bond donors (Lipinski definition) is 4. The van der Waals surface area contributed by atoms with Crippen molar-refractivity contribution in [3.8, 4) is 11.5 Å². The normalized spacial score (nSPS) is 9.43. The Balaban J connectivity index is -0.00000156. The van der Waals surface area contributed by atoms with Gasteiger partial charge in [-0.15, -0.1) is 49.6 Å². The molecule has 0 spiro atoms. The van der Waals surface area contributed by atoms with Crippen LogP contribution < -0.4 is 11.5 Å². The van der Waals surface area contributed by atoms with Crippen LogP contribution in [0.15, 0.2) is 12.4 Å². The van der Waals surface area contributed by atoms with E-state index in [0.29, 0.717) is 22.9 Å². The van der Waals surface area contributed by atoms with Crippen LogP contribution in [-0.2, 0) is 24.6 Å². The highest BCUT2D eigenvalue weighted by Crippen LogP contribution is 2.34. The van der Waals surface area contributed by atoms with Gasteiger partial charge in [-0.25, -0.2) is 0 Å². The lowest BCUT2D eigenvalue weighted by Crippen LogP contribution is -2.04. The second-order valence-corrected chi connectivity index (χ2v) is 7.79. The van der Waals surface area contributed by atoms with Crippen LogP contribution in [-0.4, -0.2) is 20.2 Å². The first kappa shape index (κ1) is 32.3. The Kier molecular flexibility index (Phi) is 17.9. The van der Waals surface area contributed by atoms with Crippen LogP contribution >= 0.6 is 71.2 Å². The van der Waals surface area contributed by atoms with Gasteiger partial charge in [0.25, 0.3) is 0 Å². The largest absolute Gasteiger partial charge is 0.506 e. The number of rotatable bonds is 7. The summed E-state index contributed by atoms with van der Waals surface area (Å²) in [5.41, 5.74) is 16.0. The number of nitrogens with zero attached hydrogens (tertiary/aromatic N) is 2. The molecule has 2 aromatic heterocycles. The van der Waals surface area contributed by atoms with Gasteiger partial charge in [0.2, 0.25) is 0 Å². The number of pyridine rings is 2. The molecule has 0 saturated heterocycles. The molecule has 2 rings (SSSR count). The molecule has 162 valence electrons. The third-order valence-electron chi connectivity index (χ3n) is 3.78. The van der Waals surface area contributed by atoms with Gasteiger partial charge in [-0.3, -0.25) is 9.97 Å². The van der Waals surface area contributed by atoms with E-state index >= 15 is 0 Å². The number of aromatic nitrogens is 2. The lowest BCUT2D eigenvalue weighted by atomic mass is 10.1. The summed E-state index contributed by atoms with van der Waals surface area (Å²) in [5.74, 6) is 1.72. The van der Waals surface area contributed by atoms with E-state index in [0.717, 1.165) is 22.3 Å². The van der Waals surface area contributed by atoms with Gasteiger partial charge in [-0.05, 0) is 25.0 Å². The average molecular weight is 512 g/mol. The first-order chi connectivity index (χ1) is 11.5. The zero-order valence-electron chi connectivity index (χ0n) is 15.4. The van der Waals surface area contributed by atoms with Crippen molar-refractivity contribution in [2.45, 2.75) is 38.4 Å². The molecule has 0 atom stereocenters. The van der Waals surface area contributed by atoms with Crippen molar-refractivity contribution < 1.29 is 10.2 Å². The summed E-state index contributed by atoms with van der Waals surface area (Å²) in [6, 6.07) is 0. The quantitative estimate of drug-likeness (QED) is 0.322. The molecule has 0 aromatic carbocycles. The molecule has 6 N–H and O–H groups in total. The number of halogens is 4. The summed E-state index contributed by atoms with van der Waals surface area (Å²) in [4.78, 5) is 8.37. The Morgan fingerprint density at radius 3 is 1.36 bits per heavy atom. The Bertz CT molecular complexity index is 681. The Morgan fingerprint density at radius 2 is 1.07 bits per heavy atom. The third kappa shape index (κ3) is 7.84. The maximum absolute atomic E-state index is 10.0. The van der Waals surface area contributed by atoms with Gasteiger partial charge in [-0.1, -0.05) is 21.6 Å². The van der Waals surface area contributed by atoms with E-state index < -0.39 is 0 Å². The van der Waals surface area contributed by atoms with Crippen molar-refractivity contribution in [1.82, 2.24) is 9.97 Å². The minimum atomic E-state index is 0. The van der Waals surface area contributed by atoms with E-state index in [1.165, 1.54) is 0 Å². The molecule has 0 amide bonds. The minimum absolute atomic E-state index is 0. The van der Waals surface area contributed by atoms with Crippen LogP contribution in [0.4, 0.5) is 0 Å². The highest BCUT2D eigenvalue weighted by Gasteiger charge is 2.12. The maximum atomic E-state index is 10.0. The SMILES string of the molecule is Cc1ncc(CSSCc2cnc(C)c(O)c2CN)c(CN)c1O.Cl.Cl.Cl.Cl. The molecule has 12 heteroatoms. The lowest BCUT2D eigenvalue weighted by molar-refractivity contribution is 0.459. The van der Waals surface area contributed by atoms with Crippen LogP contribution in [0.2, 0.25) is 0 Å². The Morgan fingerprint density at radius 1 is 0.750 bits per heavy atom. The highest BCUT2D eigenvalue weighted by molar-refractivity contribution is 8.76. The molecular weight excluding hydrogens is 486 g/mol. The first-order valence-corrected chi connectivity index (χ1v) is 9.95. The van der Waals surface area contributed by atoms with Gasteiger partial charge >= 0.3 is 0 Å². The molecule has 6 nitrogen and oxygen atoms in total. The van der Waals surface area contributed by atoms with Crippen molar-refractivity contribution >= 4 is 71.2 Å². The molecule has 0 fully saturated rings. The van der Waals surface area contributed by atoms with Gasteiger partial charge in [0.1, 0.15) is 11.5 Å². The monoisotopic (exact) mass is 510 g/mol. The van der Waals surface area contributed by atoms with Crippen LogP contribution in [0.5, 0.6) is 11.5 Å². The zero-order valence-corrected chi connectivity index (χ0v) is 20.3. The molecular formula is C16H26Cl4N4O2S2. The average Bonchev–Trinajstić information content (AvgIpc) is 2.58. The molecule has 0 saturated carbocycles. The molecule has 0 aliphatic rings. The van der Waals surface area contributed by atoms with Crippen LogP contribution in [0.1, 0.15) is 33.6 Å². The molecule has 2 aromatic rings. The summed E-state index contributed by atoms with van der Waals surface area (Å²) in [6.45, 7) is 4.07. The topological polar surface area (TPSA) is 118 Å². The van der Waals surface area contributed by atoms with Gasteiger partial charge in [0.05, 0.1) is 11.4 Å². The molecule has 0 radical (unpaired) electrons. The fourth-order valence-corrected chi connectivity index (χ4v) is 4.46. The second-order valence-electron chi connectivity index (χ2n) is 5.32. The van der Waals surface area contributed by atoms with Crippen molar-refractivity contribution in [1.29, 1.82) is 0 Å². The maximum Gasteiger partial charge on any atom is 0.141 e. The van der Waals surface area contributed by atoms with E-state index in [1.54, 1.807) is 47.8 Å². The van der Waals surface area contributed by atoms with E-state index in [4.69, 9.17) is 11.5 Å². The molecule has 2 heterocycles. The minimum Gasteiger partial charge on any atom is -0.506 e. The van der Waals surface area contributed by atoms with E-state index in [9.17, 15) is 10.2 Å². The smallest absolute Gasteiger partial charge is 0.141 e. The third-order valence-corrected chi connectivity index (χ3v) is 6.01. The number of aryl methyl sites for hydroxylation is 2. The summed E-state index contributed by atoms with van der Waals surface area (Å²) in [7, 11) is 3.27. The van der Waals surface area contributed by atoms with E-state index in [2.05, 4.69) is 9.97 Å². The molecule has 28 heavy (non-hydrogen) atoms. The second kappa shape index (κ2) is 15.5. The number of hydrogen-bond acceptors (Lipinski definition) is 8.